The lowest BCUT2D eigenvalue weighted by Gasteiger charge is -2.28. The summed E-state index contributed by atoms with van der Waals surface area (Å²) in [5.74, 6) is 1.08. The normalized spacial score (nSPS) is 15.4. The van der Waals surface area contributed by atoms with Gasteiger partial charge in [0.25, 0.3) is 0 Å². The molecule has 2 heterocycles. The largest absolute Gasteiger partial charge is 0.317 e. The van der Waals surface area contributed by atoms with Crippen LogP contribution < -0.4 is 4.90 Å². The minimum Gasteiger partial charge on any atom is -0.317 e. The van der Waals surface area contributed by atoms with Crippen molar-refractivity contribution < 1.29 is 4.79 Å². The Morgan fingerprint density at radius 3 is 2.33 bits per heavy atom. The second-order valence-corrected chi connectivity index (χ2v) is 8.49. The lowest BCUT2D eigenvalue weighted by Crippen LogP contribution is -2.39. The maximum absolute atomic E-state index is 13.5. The molecule has 1 aliphatic heterocycles. The Morgan fingerprint density at radius 1 is 0.967 bits per heavy atom. The van der Waals surface area contributed by atoms with Crippen LogP contribution in [0.1, 0.15) is 45.4 Å². The van der Waals surface area contributed by atoms with Crippen LogP contribution in [0.25, 0.3) is 11.0 Å². The zero-order chi connectivity index (χ0) is 20.9. The van der Waals surface area contributed by atoms with Gasteiger partial charge in [-0.05, 0) is 64.0 Å². The first-order valence-corrected chi connectivity index (χ1v) is 11.2. The van der Waals surface area contributed by atoms with E-state index in [1.165, 1.54) is 25.7 Å². The molecule has 3 aromatic rings. The third-order valence-electron chi connectivity index (χ3n) is 5.91. The van der Waals surface area contributed by atoms with Crippen LogP contribution in [-0.4, -0.2) is 39.5 Å². The molecule has 2 aromatic carbocycles. The minimum atomic E-state index is 0.0868. The number of likely N-dealkylation sites (tertiary alicyclic amines) is 1. The fraction of sp³-hybridized carbons (Fsp3) is 0.440. The van der Waals surface area contributed by atoms with E-state index in [4.69, 9.17) is 4.98 Å². The van der Waals surface area contributed by atoms with Gasteiger partial charge in [0.05, 0.1) is 17.6 Å². The van der Waals surface area contributed by atoms with Crippen LogP contribution in [-0.2, 0) is 17.9 Å². The van der Waals surface area contributed by atoms with E-state index < -0.39 is 0 Å². The van der Waals surface area contributed by atoms with Crippen molar-refractivity contribution in [2.24, 2.45) is 0 Å². The van der Waals surface area contributed by atoms with E-state index in [0.717, 1.165) is 42.2 Å². The van der Waals surface area contributed by atoms with Gasteiger partial charge in [-0.25, -0.2) is 4.98 Å². The number of fused-ring (bicyclic) bond motifs is 1. The van der Waals surface area contributed by atoms with Gasteiger partial charge in [0.1, 0.15) is 12.4 Å². The van der Waals surface area contributed by atoms with E-state index >= 15 is 0 Å². The Morgan fingerprint density at radius 2 is 1.63 bits per heavy atom. The average molecular weight is 405 g/mol. The summed E-state index contributed by atoms with van der Waals surface area (Å²) in [4.78, 5) is 22.8. The molecule has 0 spiro atoms. The SMILES string of the molecule is CC(C)N(C(=O)Cn1c(CN2CCCCCC2)nc2ccccc21)c1ccccc1. The molecule has 5 nitrogen and oxygen atoms in total. The number of hydrogen-bond acceptors (Lipinski definition) is 3. The Hall–Kier alpha value is -2.66. The van der Waals surface area contributed by atoms with Gasteiger partial charge in [0.15, 0.2) is 0 Å². The highest BCUT2D eigenvalue weighted by Crippen LogP contribution is 2.22. The third-order valence-corrected chi connectivity index (χ3v) is 5.91. The zero-order valence-corrected chi connectivity index (χ0v) is 18.1. The van der Waals surface area contributed by atoms with Crippen LogP contribution in [0.5, 0.6) is 0 Å². The van der Waals surface area contributed by atoms with Crippen LogP contribution >= 0.6 is 0 Å². The number of amides is 1. The summed E-state index contributed by atoms with van der Waals surface area (Å²) in [7, 11) is 0. The molecule has 0 radical (unpaired) electrons. The fourth-order valence-electron chi connectivity index (χ4n) is 4.45. The number of carbonyl (C=O) groups is 1. The maximum atomic E-state index is 13.5. The van der Waals surface area contributed by atoms with Crippen molar-refractivity contribution in [1.82, 2.24) is 14.5 Å². The molecule has 158 valence electrons. The van der Waals surface area contributed by atoms with Crippen LogP contribution in [0.4, 0.5) is 5.69 Å². The topological polar surface area (TPSA) is 41.4 Å². The van der Waals surface area contributed by atoms with Crippen molar-refractivity contribution >= 4 is 22.6 Å². The Balaban J connectivity index is 1.64. The van der Waals surface area contributed by atoms with Crippen molar-refractivity contribution in [3.8, 4) is 0 Å². The second-order valence-electron chi connectivity index (χ2n) is 8.49. The first-order chi connectivity index (χ1) is 14.6. The molecule has 30 heavy (non-hydrogen) atoms. The molecule has 1 fully saturated rings. The summed E-state index contributed by atoms with van der Waals surface area (Å²) in [6, 6.07) is 18.2. The first-order valence-electron chi connectivity index (χ1n) is 11.2. The lowest BCUT2D eigenvalue weighted by molar-refractivity contribution is -0.119. The van der Waals surface area contributed by atoms with Gasteiger partial charge in [0, 0.05) is 11.7 Å². The summed E-state index contributed by atoms with van der Waals surface area (Å²) in [5, 5.41) is 0. The molecular weight excluding hydrogens is 372 g/mol. The number of rotatable bonds is 6. The van der Waals surface area contributed by atoms with Crippen molar-refractivity contribution in [2.45, 2.75) is 58.7 Å². The highest BCUT2D eigenvalue weighted by Gasteiger charge is 2.23. The summed E-state index contributed by atoms with van der Waals surface area (Å²) in [6.45, 7) is 7.45. The minimum absolute atomic E-state index is 0.0868. The molecule has 0 saturated carbocycles. The zero-order valence-electron chi connectivity index (χ0n) is 18.1. The Labute approximate surface area is 179 Å². The van der Waals surface area contributed by atoms with Gasteiger partial charge in [0.2, 0.25) is 5.91 Å². The predicted octanol–water partition coefficient (Wildman–Crippen LogP) is 4.85. The fourth-order valence-corrected chi connectivity index (χ4v) is 4.45. The average Bonchev–Trinajstić information content (AvgIpc) is 2.90. The molecule has 1 amide bonds. The quantitative estimate of drug-likeness (QED) is 0.589. The van der Waals surface area contributed by atoms with E-state index in [-0.39, 0.29) is 11.9 Å². The number of imidazole rings is 1. The molecule has 0 unspecified atom stereocenters. The van der Waals surface area contributed by atoms with Crippen LogP contribution in [0.3, 0.4) is 0 Å². The molecule has 4 rings (SSSR count). The summed E-state index contributed by atoms with van der Waals surface area (Å²) in [5.41, 5.74) is 2.94. The predicted molar refractivity (Wildman–Crippen MR) is 123 cm³/mol. The van der Waals surface area contributed by atoms with E-state index in [9.17, 15) is 4.79 Å². The number of carbonyl (C=O) groups excluding carboxylic acids is 1. The second kappa shape index (κ2) is 9.43. The number of anilines is 1. The maximum Gasteiger partial charge on any atom is 0.247 e. The van der Waals surface area contributed by atoms with Crippen LogP contribution in [0.15, 0.2) is 54.6 Å². The number of benzene rings is 2. The smallest absolute Gasteiger partial charge is 0.247 e. The van der Waals surface area contributed by atoms with E-state index in [1.54, 1.807) is 0 Å². The van der Waals surface area contributed by atoms with Gasteiger partial charge in [-0.3, -0.25) is 9.69 Å². The Bertz CT molecular complexity index is 971. The first kappa shape index (κ1) is 20.6. The number of para-hydroxylation sites is 3. The molecule has 1 aromatic heterocycles. The highest BCUT2D eigenvalue weighted by atomic mass is 16.2. The van der Waals surface area contributed by atoms with Gasteiger partial charge in [-0.15, -0.1) is 0 Å². The van der Waals surface area contributed by atoms with Crippen LogP contribution in [0.2, 0.25) is 0 Å². The molecule has 0 bridgehead atoms. The highest BCUT2D eigenvalue weighted by molar-refractivity contribution is 5.94. The summed E-state index contributed by atoms with van der Waals surface area (Å²) < 4.78 is 2.13. The molecule has 1 saturated heterocycles. The monoisotopic (exact) mass is 404 g/mol. The van der Waals surface area contributed by atoms with Gasteiger partial charge in [-0.1, -0.05) is 43.2 Å². The molecule has 0 N–H and O–H groups in total. The van der Waals surface area contributed by atoms with Crippen molar-refractivity contribution in [3.05, 3.63) is 60.4 Å². The molecule has 0 atom stereocenters. The number of nitrogens with zero attached hydrogens (tertiary/aromatic N) is 4. The summed E-state index contributed by atoms with van der Waals surface area (Å²) in [6.07, 6.45) is 5.11. The molecular formula is C25H32N4O. The summed E-state index contributed by atoms with van der Waals surface area (Å²) >= 11 is 0. The van der Waals surface area contributed by atoms with E-state index in [0.29, 0.717) is 6.54 Å². The van der Waals surface area contributed by atoms with Crippen molar-refractivity contribution in [2.75, 3.05) is 18.0 Å². The molecule has 5 heteroatoms. The van der Waals surface area contributed by atoms with Gasteiger partial charge >= 0.3 is 0 Å². The van der Waals surface area contributed by atoms with E-state index in [2.05, 4.69) is 29.4 Å². The van der Waals surface area contributed by atoms with Gasteiger partial charge in [-0.2, -0.15) is 0 Å². The van der Waals surface area contributed by atoms with Crippen molar-refractivity contribution in [1.29, 1.82) is 0 Å². The lowest BCUT2D eigenvalue weighted by atomic mass is 10.2. The third kappa shape index (κ3) is 4.57. The Kier molecular flexibility index (Phi) is 6.48. The van der Waals surface area contributed by atoms with Crippen molar-refractivity contribution in [3.63, 3.8) is 0 Å². The number of aromatic nitrogens is 2. The molecule has 1 aliphatic rings. The standard InChI is InChI=1S/C25H32N4O/c1-20(2)29(21-12-6-5-7-13-21)25(30)19-28-23-15-9-8-14-22(23)26-24(28)18-27-16-10-3-4-11-17-27/h5-9,12-15,20H,3-4,10-11,16-19H2,1-2H3. The van der Waals surface area contributed by atoms with Crippen LogP contribution in [0, 0.1) is 0 Å². The molecule has 0 aliphatic carbocycles. The number of hydrogen-bond donors (Lipinski definition) is 0. The van der Waals surface area contributed by atoms with E-state index in [1.807, 2.05) is 53.4 Å². The van der Waals surface area contributed by atoms with Gasteiger partial charge < -0.3 is 9.47 Å².